The minimum atomic E-state index is -4.12. The van der Waals surface area contributed by atoms with Crippen molar-refractivity contribution in [1.82, 2.24) is 0 Å². The van der Waals surface area contributed by atoms with Crippen LogP contribution < -0.4 is 4.74 Å². The van der Waals surface area contributed by atoms with E-state index < -0.39 is 24.6 Å². The molecule has 0 aliphatic carbocycles. The van der Waals surface area contributed by atoms with E-state index in [2.05, 4.69) is 15.9 Å². The smallest absolute Gasteiger partial charge is 0.313 e. The number of hydrogen-bond acceptors (Lipinski definition) is 5. The van der Waals surface area contributed by atoms with E-state index >= 15 is 0 Å². The molecule has 0 aliphatic heterocycles. The Labute approximate surface area is 110 Å². The number of benzene rings is 1. The summed E-state index contributed by atoms with van der Waals surface area (Å²) in [6.07, 6.45) is 0. The van der Waals surface area contributed by atoms with Gasteiger partial charge < -0.3 is 4.74 Å². The Hall–Kier alpha value is -0.860. The number of rotatable bonds is 4. The zero-order valence-corrected chi connectivity index (χ0v) is 11.7. The largest absolute Gasteiger partial charge is 0.486 e. The standard InChI is InChI=1S/C8H7BrClNO5S/c1-2-16-8-6(11(12)13)3-5(9)4-7(8)17(10,14)15/h3-4H,2H2,1H3. The lowest BCUT2D eigenvalue weighted by Crippen LogP contribution is -2.03. The highest BCUT2D eigenvalue weighted by Crippen LogP contribution is 2.38. The van der Waals surface area contributed by atoms with Crippen LogP contribution in [0.15, 0.2) is 21.5 Å². The van der Waals surface area contributed by atoms with Gasteiger partial charge in [-0.1, -0.05) is 15.9 Å². The number of nitro groups is 1. The Morgan fingerprint density at radius 2 is 2.12 bits per heavy atom. The molecule has 1 aromatic rings. The van der Waals surface area contributed by atoms with Crippen LogP contribution >= 0.6 is 26.6 Å². The van der Waals surface area contributed by atoms with Gasteiger partial charge in [0.25, 0.3) is 9.05 Å². The minimum Gasteiger partial charge on any atom is -0.486 e. The van der Waals surface area contributed by atoms with Crippen molar-refractivity contribution in [2.24, 2.45) is 0 Å². The van der Waals surface area contributed by atoms with E-state index in [0.717, 1.165) is 12.1 Å². The van der Waals surface area contributed by atoms with Gasteiger partial charge in [-0.3, -0.25) is 10.1 Å². The molecule has 1 rings (SSSR count). The monoisotopic (exact) mass is 343 g/mol. The van der Waals surface area contributed by atoms with Crippen molar-refractivity contribution in [2.75, 3.05) is 6.61 Å². The minimum absolute atomic E-state index is 0.0852. The van der Waals surface area contributed by atoms with Gasteiger partial charge in [-0.25, -0.2) is 8.42 Å². The Balaban J connectivity index is 3.63. The summed E-state index contributed by atoms with van der Waals surface area (Å²) in [6.45, 7) is 1.66. The second kappa shape index (κ2) is 5.19. The Kier molecular flexibility index (Phi) is 4.34. The molecule has 17 heavy (non-hydrogen) atoms. The van der Waals surface area contributed by atoms with Crippen LogP contribution in [0.4, 0.5) is 5.69 Å². The predicted octanol–water partition coefficient (Wildman–Crippen LogP) is 2.68. The molecule has 0 N–H and O–H groups in total. The zero-order valence-electron chi connectivity index (χ0n) is 8.51. The summed E-state index contributed by atoms with van der Waals surface area (Å²) >= 11 is 2.98. The lowest BCUT2D eigenvalue weighted by molar-refractivity contribution is -0.386. The van der Waals surface area contributed by atoms with E-state index in [1.807, 2.05) is 0 Å². The molecule has 0 fully saturated rings. The van der Waals surface area contributed by atoms with Crippen LogP contribution in [0.1, 0.15) is 6.92 Å². The number of ether oxygens (including phenoxy) is 1. The van der Waals surface area contributed by atoms with Crippen LogP contribution in [0.3, 0.4) is 0 Å². The fraction of sp³-hybridized carbons (Fsp3) is 0.250. The highest BCUT2D eigenvalue weighted by atomic mass is 79.9. The van der Waals surface area contributed by atoms with Crippen molar-refractivity contribution in [3.05, 3.63) is 26.7 Å². The average Bonchev–Trinajstić information content (AvgIpc) is 2.18. The van der Waals surface area contributed by atoms with Crippen molar-refractivity contribution < 1.29 is 18.1 Å². The fourth-order valence-electron chi connectivity index (χ4n) is 1.16. The molecule has 94 valence electrons. The molecular formula is C8H7BrClNO5S. The molecule has 0 aromatic heterocycles. The molecule has 0 amide bonds. The molecule has 0 aliphatic rings. The highest BCUT2D eigenvalue weighted by molar-refractivity contribution is 9.10. The number of halogens is 2. The number of nitro benzene ring substituents is 1. The topological polar surface area (TPSA) is 86.5 Å². The van der Waals surface area contributed by atoms with Gasteiger partial charge in [0.15, 0.2) is 0 Å². The van der Waals surface area contributed by atoms with E-state index in [1.165, 1.54) is 0 Å². The van der Waals surface area contributed by atoms with E-state index in [9.17, 15) is 18.5 Å². The molecule has 0 saturated heterocycles. The fourth-order valence-corrected chi connectivity index (χ4v) is 2.75. The van der Waals surface area contributed by atoms with Crippen molar-refractivity contribution in [2.45, 2.75) is 11.8 Å². The summed E-state index contributed by atoms with van der Waals surface area (Å²) in [7, 11) is 1.08. The number of hydrogen-bond donors (Lipinski definition) is 0. The molecule has 0 atom stereocenters. The van der Waals surface area contributed by atoms with Gasteiger partial charge in [0, 0.05) is 21.2 Å². The summed E-state index contributed by atoms with van der Waals surface area (Å²) in [5, 5.41) is 10.8. The van der Waals surface area contributed by atoms with Crippen LogP contribution in [0, 0.1) is 10.1 Å². The molecule has 9 heteroatoms. The molecule has 0 heterocycles. The van der Waals surface area contributed by atoms with Crippen LogP contribution in [0.5, 0.6) is 5.75 Å². The first-order valence-corrected chi connectivity index (χ1v) is 7.43. The van der Waals surface area contributed by atoms with Gasteiger partial charge in [0.1, 0.15) is 4.90 Å². The first-order valence-electron chi connectivity index (χ1n) is 4.32. The zero-order chi connectivity index (χ0) is 13.2. The van der Waals surface area contributed by atoms with Gasteiger partial charge in [-0.15, -0.1) is 0 Å². The quantitative estimate of drug-likeness (QED) is 0.476. The van der Waals surface area contributed by atoms with Crippen LogP contribution in [-0.2, 0) is 9.05 Å². The summed E-state index contributed by atoms with van der Waals surface area (Å²) in [4.78, 5) is 9.63. The summed E-state index contributed by atoms with van der Waals surface area (Å²) in [6, 6.07) is 2.30. The second-order valence-electron chi connectivity index (χ2n) is 2.88. The van der Waals surface area contributed by atoms with E-state index in [-0.39, 0.29) is 16.8 Å². The SMILES string of the molecule is CCOc1c([N+](=O)[O-])cc(Br)cc1S(=O)(=O)Cl. The molecule has 0 radical (unpaired) electrons. The molecule has 0 unspecified atom stereocenters. The lowest BCUT2D eigenvalue weighted by atomic mass is 10.3. The van der Waals surface area contributed by atoms with Crippen LogP contribution in [0.25, 0.3) is 0 Å². The summed E-state index contributed by atoms with van der Waals surface area (Å²) < 4.78 is 27.8. The van der Waals surface area contributed by atoms with Crippen molar-refractivity contribution in [3.8, 4) is 5.75 Å². The molecule has 6 nitrogen and oxygen atoms in total. The van der Waals surface area contributed by atoms with E-state index in [1.54, 1.807) is 6.92 Å². The Morgan fingerprint density at radius 3 is 2.53 bits per heavy atom. The van der Waals surface area contributed by atoms with Crippen molar-refractivity contribution in [3.63, 3.8) is 0 Å². The lowest BCUT2D eigenvalue weighted by Gasteiger charge is -2.08. The van der Waals surface area contributed by atoms with Gasteiger partial charge >= 0.3 is 5.69 Å². The molecule has 0 spiro atoms. The summed E-state index contributed by atoms with van der Waals surface area (Å²) in [5.74, 6) is -0.351. The van der Waals surface area contributed by atoms with Crippen LogP contribution in [0.2, 0.25) is 0 Å². The van der Waals surface area contributed by atoms with E-state index in [0.29, 0.717) is 0 Å². The van der Waals surface area contributed by atoms with Crippen LogP contribution in [-0.4, -0.2) is 19.9 Å². The normalized spacial score (nSPS) is 11.2. The third-order valence-electron chi connectivity index (χ3n) is 1.75. The van der Waals surface area contributed by atoms with Crippen molar-refractivity contribution >= 4 is 41.4 Å². The number of nitrogens with zero attached hydrogens (tertiary/aromatic N) is 1. The van der Waals surface area contributed by atoms with Gasteiger partial charge in [-0.2, -0.15) is 0 Å². The molecule has 0 bridgehead atoms. The average molecular weight is 345 g/mol. The molecule has 0 saturated carbocycles. The molecular weight excluding hydrogens is 338 g/mol. The summed E-state index contributed by atoms with van der Waals surface area (Å²) in [5.41, 5.74) is -0.458. The second-order valence-corrected chi connectivity index (χ2v) is 6.33. The van der Waals surface area contributed by atoms with Gasteiger partial charge in [-0.05, 0) is 13.0 Å². The third kappa shape index (κ3) is 3.30. The van der Waals surface area contributed by atoms with Gasteiger partial charge in [0.05, 0.1) is 11.5 Å². The maximum absolute atomic E-state index is 11.3. The van der Waals surface area contributed by atoms with E-state index in [4.69, 9.17) is 15.4 Å². The maximum Gasteiger partial charge on any atom is 0.313 e. The first kappa shape index (κ1) is 14.2. The first-order chi connectivity index (χ1) is 7.77. The predicted molar refractivity (Wildman–Crippen MR) is 65.0 cm³/mol. The Bertz CT molecular complexity index is 559. The molecule has 1 aromatic carbocycles. The van der Waals surface area contributed by atoms with Crippen molar-refractivity contribution in [1.29, 1.82) is 0 Å². The Morgan fingerprint density at radius 1 is 1.53 bits per heavy atom. The maximum atomic E-state index is 11.3. The highest BCUT2D eigenvalue weighted by Gasteiger charge is 2.27. The third-order valence-corrected chi connectivity index (χ3v) is 3.53. The van der Waals surface area contributed by atoms with Gasteiger partial charge in [0.2, 0.25) is 5.75 Å².